The monoisotopic (exact) mass is 255 g/mol. The van der Waals surface area contributed by atoms with E-state index in [9.17, 15) is 4.79 Å². The zero-order chi connectivity index (χ0) is 12.7. The zero-order valence-electron chi connectivity index (χ0n) is 9.95. The molecule has 0 fully saturated rings. The third kappa shape index (κ3) is 5.20. The largest absolute Gasteiger partial charge is 0.480 e. The van der Waals surface area contributed by atoms with Crippen molar-refractivity contribution in [2.45, 2.75) is 32.2 Å². The number of halogens is 1. The molecule has 1 unspecified atom stereocenters. The molecule has 0 spiro atoms. The van der Waals surface area contributed by atoms with E-state index in [4.69, 9.17) is 16.7 Å². The van der Waals surface area contributed by atoms with Crippen LogP contribution in [0.15, 0.2) is 24.3 Å². The fourth-order valence-electron chi connectivity index (χ4n) is 1.68. The van der Waals surface area contributed by atoms with E-state index in [1.54, 1.807) is 0 Å². The van der Waals surface area contributed by atoms with Crippen molar-refractivity contribution >= 4 is 17.6 Å². The summed E-state index contributed by atoms with van der Waals surface area (Å²) in [5.74, 6) is -0.780. The number of carboxylic acid groups (broad SMARTS) is 1. The maximum Gasteiger partial charge on any atom is 0.320 e. The van der Waals surface area contributed by atoms with Crippen LogP contribution < -0.4 is 5.32 Å². The number of carbonyl (C=O) groups is 1. The second kappa shape index (κ2) is 7.30. The number of carboxylic acids is 1. The highest BCUT2D eigenvalue weighted by Gasteiger charge is 2.14. The van der Waals surface area contributed by atoms with Crippen LogP contribution in [-0.2, 0) is 11.2 Å². The van der Waals surface area contributed by atoms with E-state index in [1.165, 1.54) is 0 Å². The lowest BCUT2D eigenvalue weighted by Gasteiger charge is -2.13. The molecule has 0 saturated heterocycles. The van der Waals surface area contributed by atoms with Crippen molar-refractivity contribution in [3.8, 4) is 0 Å². The number of nitrogens with one attached hydrogen (secondary N) is 1. The first kappa shape index (κ1) is 14.0. The minimum atomic E-state index is -0.780. The molecule has 0 aliphatic rings. The third-order valence-corrected chi connectivity index (χ3v) is 2.80. The lowest BCUT2D eigenvalue weighted by atomic mass is 10.1. The molecule has 2 N–H and O–H groups in total. The molecule has 4 heteroatoms. The van der Waals surface area contributed by atoms with Gasteiger partial charge >= 0.3 is 5.97 Å². The van der Waals surface area contributed by atoms with Crippen LogP contribution in [0.2, 0.25) is 5.02 Å². The summed E-state index contributed by atoms with van der Waals surface area (Å²) >= 11 is 5.87. The van der Waals surface area contributed by atoms with Gasteiger partial charge in [-0.3, -0.25) is 4.79 Å². The molecule has 0 bridgehead atoms. The molecular formula is C13H18ClNO2. The molecule has 1 aromatic carbocycles. The van der Waals surface area contributed by atoms with E-state index in [2.05, 4.69) is 5.32 Å². The smallest absolute Gasteiger partial charge is 0.320 e. The maximum atomic E-state index is 10.9. The van der Waals surface area contributed by atoms with Crippen LogP contribution in [-0.4, -0.2) is 23.7 Å². The van der Waals surface area contributed by atoms with Gasteiger partial charge in [-0.15, -0.1) is 0 Å². The van der Waals surface area contributed by atoms with Crippen LogP contribution in [0.1, 0.15) is 25.3 Å². The number of rotatable bonds is 7. The van der Waals surface area contributed by atoms with Crippen LogP contribution in [0.5, 0.6) is 0 Å². The average Bonchev–Trinajstić information content (AvgIpc) is 2.28. The summed E-state index contributed by atoms with van der Waals surface area (Å²) in [6.45, 7) is 2.63. The Morgan fingerprint density at radius 1 is 1.53 bits per heavy atom. The Morgan fingerprint density at radius 3 is 2.88 bits per heavy atom. The highest BCUT2D eigenvalue weighted by atomic mass is 35.5. The Balaban J connectivity index is 2.38. The number of hydrogen-bond donors (Lipinski definition) is 2. The number of aliphatic carboxylic acids is 1. The molecule has 1 atom stereocenters. The SMILES string of the molecule is CCCC(NCCc1cccc(Cl)c1)C(=O)O. The normalized spacial score (nSPS) is 12.4. The van der Waals surface area contributed by atoms with E-state index in [1.807, 2.05) is 31.2 Å². The molecule has 0 heterocycles. The minimum Gasteiger partial charge on any atom is -0.480 e. The highest BCUT2D eigenvalue weighted by Crippen LogP contribution is 2.10. The summed E-state index contributed by atoms with van der Waals surface area (Å²) in [4.78, 5) is 10.9. The van der Waals surface area contributed by atoms with Crippen molar-refractivity contribution in [3.05, 3.63) is 34.9 Å². The third-order valence-electron chi connectivity index (χ3n) is 2.57. The van der Waals surface area contributed by atoms with Gasteiger partial charge in [-0.25, -0.2) is 0 Å². The van der Waals surface area contributed by atoms with E-state index in [-0.39, 0.29) is 0 Å². The lowest BCUT2D eigenvalue weighted by molar-refractivity contribution is -0.139. The van der Waals surface area contributed by atoms with Crippen molar-refractivity contribution in [2.75, 3.05) is 6.54 Å². The van der Waals surface area contributed by atoms with Crippen molar-refractivity contribution < 1.29 is 9.90 Å². The molecule has 0 radical (unpaired) electrons. The Kier molecular flexibility index (Phi) is 6.01. The maximum absolute atomic E-state index is 10.9. The molecule has 0 aromatic heterocycles. The molecular weight excluding hydrogens is 238 g/mol. The first-order valence-electron chi connectivity index (χ1n) is 5.84. The summed E-state index contributed by atoms with van der Waals surface area (Å²) in [7, 11) is 0. The molecule has 0 saturated carbocycles. The van der Waals surface area contributed by atoms with Crippen LogP contribution in [0, 0.1) is 0 Å². The summed E-state index contributed by atoms with van der Waals surface area (Å²) < 4.78 is 0. The molecule has 94 valence electrons. The van der Waals surface area contributed by atoms with Gasteiger partial charge in [0, 0.05) is 5.02 Å². The topological polar surface area (TPSA) is 49.3 Å². The molecule has 1 aromatic rings. The lowest BCUT2D eigenvalue weighted by Crippen LogP contribution is -2.37. The van der Waals surface area contributed by atoms with Crippen molar-refractivity contribution in [1.29, 1.82) is 0 Å². The second-order valence-corrected chi connectivity index (χ2v) is 4.45. The number of benzene rings is 1. The molecule has 3 nitrogen and oxygen atoms in total. The van der Waals surface area contributed by atoms with Gasteiger partial charge in [0.2, 0.25) is 0 Å². The highest BCUT2D eigenvalue weighted by molar-refractivity contribution is 6.30. The predicted octanol–water partition coefficient (Wildman–Crippen LogP) is 2.73. The Hall–Kier alpha value is -1.06. The fraction of sp³-hybridized carbons (Fsp3) is 0.462. The summed E-state index contributed by atoms with van der Waals surface area (Å²) in [6, 6.07) is 7.18. The van der Waals surface area contributed by atoms with Crippen molar-refractivity contribution in [1.82, 2.24) is 5.32 Å². The molecule has 17 heavy (non-hydrogen) atoms. The van der Waals surface area contributed by atoms with Crippen LogP contribution in [0.4, 0.5) is 0 Å². The van der Waals surface area contributed by atoms with Crippen molar-refractivity contribution in [3.63, 3.8) is 0 Å². The summed E-state index contributed by atoms with van der Waals surface area (Å²) in [6.07, 6.45) is 2.31. The molecule has 0 amide bonds. The van der Waals surface area contributed by atoms with E-state index < -0.39 is 12.0 Å². The van der Waals surface area contributed by atoms with Crippen LogP contribution in [0.25, 0.3) is 0 Å². The predicted molar refractivity (Wildman–Crippen MR) is 69.5 cm³/mol. The van der Waals surface area contributed by atoms with Crippen molar-refractivity contribution in [2.24, 2.45) is 0 Å². The Bertz CT molecular complexity index is 368. The molecule has 0 aliphatic carbocycles. The van der Waals surface area contributed by atoms with Gasteiger partial charge in [0.1, 0.15) is 6.04 Å². The minimum absolute atomic E-state index is 0.445. The van der Waals surface area contributed by atoms with Gasteiger partial charge in [-0.1, -0.05) is 37.1 Å². The van der Waals surface area contributed by atoms with Crippen LogP contribution in [0.3, 0.4) is 0 Å². The van der Waals surface area contributed by atoms with E-state index in [0.717, 1.165) is 18.4 Å². The van der Waals surface area contributed by atoms with Gasteiger partial charge in [0.15, 0.2) is 0 Å². The molecule has 1 rings (SSSR count). The van der Waals surface area contributed by atoms with Gasteiger partial charge < -0.3 is 10.4 Å². The quantitative estimate of drug-likeness (QED) is 0.788. The average molecular weight is 256 g/mol. The van der Waals surface area contributed by atoms with Gasteiger partial charge in [0.25, 0.3) is 0 Å². The van der Waals surface area contributed by atoms with E-state index in [0.29, 0.717) is 18.0 Å². The zero-order valence-corrected chi connectivity index (χ0v) is 10.7. The standard InChI is InChI=1S/C13H18ClNO2/c1-2-4-12(13(16)17)15-8-7-10-5-3-6-11(14)9-10/h3,5-6,9,12,15H,2,4,7-8H2,1H3,(H,16,17). The second-order valence-electron chi connectivity index (χ2n) is 4.01. The van der Waals surface area contributed by atoms with Gasteiger partial charge in [0.05, 0.1) is 0 Å². The fourth-order valence-corrected chi connectivity index (χ4v) is 1.90. The first-order valence-corrected chi connectivity index (χ1v) is 6.22. The number of hydrogen-bond acceptors (Lipinski definition) is 2. The van der Waals surface area contributed by atoms with Crippen LogP contribution >= 0.6 is 11.6 Å². The first-order chi connectivity index (χ1) is 8.13. The van der Waals surface area contributed by atoms with Gasteiger partial charge in [-0.2, -0.15) is 0 Å². The van der Waals surface area contributed by atoms with Gasteiger partial charge in [-0.05, 0) is 37.1 Å². The summed E-state index contributed by atoms with van der Waals surface area (Å²) in [5, 5.41) is 12.7. The van der Waals surface area contributed by atoms with E-state index >= 15 is 0 Å². The summed E-state index contributed by atoms with van der Waals surface area (Å²) in [5.41, 5.74) is 1.12. The Labute approximate surface area is 107 Å². The molecule has 0 aliphatic heterocycles. The Morgan fingerprint density at radius 2 is 2.29 bits per heavy atom.